The van der Waals surface area contributed by atoms with Gasteiger partial charge < -0.3 is 9.47 Å². The molecule has 0 amide bonds. The van der Waals surface area contributed by atoms with E-state index < -0.39 is 5.79 Å². The number of benzene rings is 2. The summed E-state index contributed by atoms with van der Waals surface area (Å²) in [6, 6.07) is 12.3. The second kappa shape index (κ2) is 5.75. The van der Waals surface area contributed by atoms with Crippen LogP contribution >= 0.6 is 31.9 Å². The van der Waals surface area contributed by atoms with Crippen molar-refractivity contribution < 1.29 is 9.47 Å². The van der Waals surface area contributed by atoms with Crippen LogP contribution in [0.15, 0.2) is 56.5 Å². The minimum Gasteiger partial charge on any atom is -0.444 e. The lowest BCUT2D eigenvalue weighted by Crippen LogP contribution is -2.48. The topological polar surface area (TPSA) is 18.5 Å². The van der Waals surface area contributed by atoms with Crippen LogP contribution in [0.2, 0.25) is 0 Å². The first-order valence-electron chi connectivity index (χ1n) is 8.53. The monoisotopic (exact) mass is 458 g/mol. The highest BCUT2D eigenvalue weighted by atomic mass is 79.9. The summed E-state index contributed by atoms with van der Waals surface area (Å²) in [5.74, 6) is 0.971. The Labute approximate surface area is 163 Å². The van der Waals surface area contributed by atoms with Gasteiger partial charge in [0, 0.05) is 31.2 Å². The van der Waals surface area contributed by atoms with E-state index >= 15 is 0 Å². The first-order valence-corrected chi connectivity index (χ1v) is 10.1. The van der Waals surface area contributed by atoms with Crippen molar-refractivity contribution in [3.63, 3.8) is 0 Å². The second-order valence-corrected chi connectivity index (χ2v) is 8.56. The van der Waals surface area contributed by atoms with E-state index in [2.05, 4.69) is 56.1 Å². The van der Waals surface area contributed by atoms with E-state index in [-0.39, 0.29) is 0 Å². The highest BCUT2D eigenvalue weighted by Crippen LogP contribution is 2.50. The maximum atomic E-state index is 6.56. The minimum absolute atomic E-state index is 0.780. The minimum atomic E-state index is -0.780. The van der Waals surface area contributed by atoms with Crippen LogP contribution in [-0.2, 0) is 0 Å². The third kappa shape index (κ3) is 2.49. The number of halogens is 2. The van der Waals surface area contributed by atoms with Gasteiger partial charge in [-0.15, -0.1) is 0 Å². The Balaban J connectivity index is 1.70. The average Bonchev–Trinajstić information content (AvgIpc) is 2.76. The van der Waals surface area contributed by atoms with Gasteiger partial charge >= 0.3 is 0 Å². The van der Waals surface area contributed by atoms with E-state index in [1.165, 1.54) is 11.1 Å². The zero-order valence-electron chi connectivity index (χ0n) is 13.5. The molecule has 1 saturated carbocycles. The van der Waals surface area contributed by atoms with Gasteiger partial charge in [-0.05, 0) is 74.2 Å². The molecule has 2 aliphatic heterocycles. The molecule has 0 N–H and O–H groups in total. The van der Waals surface area contributed by atoms with Gasteiger partial charge in [-0.3, -0.25) is 0 Å². The lowest BCUT2D eigenvalue weighted by atomic mass is 9.88. The number of hydrogen-bond acceptors (Lipinski definition) is 2. The van der Waals surface area contributed by atoms with Gasteiger partial charge in [0.2, 0.25) is 0 Å². The molecule has 3 aliphatic rings. The summed E-state index contributed by atoms with van der Waals surface area (Å²) >= 11 is 7.11. The zero-order chi connectivity index (χ0) is 17.0. The van der Waals surface area contributed by atoms with Crippen LogP contribution in [0.3, 0.4) is 0 Å². The van der Waals surface area contributed by atoms with E-state index in [1.54, 1.807) is 0 Å². The normalized spacial score (nSPS) is 19.6. The van der Waals surface area contributed by atoms with Crippen molar-refractivity contribution in [3.05, 3.63) is 67.6 Å². The molecule has 0 aromatic heterocycles. The lowest BCUT2D eigenvalue weighted by Gasteiger charge is -2.42. The molecule has 2 nitrogen and oxygen atoms in total. The lowest BCUT2D eigenvalue weighted by molar-refractivity contribution is -0.0542. The molecule has 1 aliphatic carbocycles. The molecular formula is C21H16Br2O2. The fraction of sp³-hybridized carbons (Fsp3) is 0.238. The van der Waals surface area contributed by atoms with Crippen LogP contribution in [0, 0.1) is 0 Å². The molecule has 0 saturated heterocycles. The third-order valence-electron chi connectivity index (χ3n) is 5.10. The van der Waals surface area contributed by atoms with E-state index in [4.69, 9.17) is 9.47 Å². The van der Waals surface area contributed by atoms with Crippen molar-refractivity contribution in [2.45, 2.75) is 31.5 Å². The van der Waals surface area contributed by atoms with Crippen molar-refractivity contribution in [1.82, 2.24) is 0 Å². The van der Waals surface area contributed by atoms with Gasteiger partial charge in [0.15, 0.2) is 0 Å². The maximum Gasteiger partial charge on any atom is 0.297 e. The molecule has 1 fully saturated rings. The summed E-state index contributed by atoms with van der Waals surface area (Å²) in [5, 5.41) is 0. The molecule has 0 atom stereocenters. The van der Waals surface area contributed by atoms with E-state index in [9.17, 15) is 0 Å². The highest BCUT2D eigenvalue weighted by Gasteiger charge is 2.48. The molecule has 2 aromatic rings. The molecule has 4 heteroatoms. The van der Waals surface area contributed by atoms with Gasteiger partial charge in [0.1, 0.15) is 11.5 Å². The largest absolute Gasteiger partial charge is 0.444 e. The third-order valence-corrected chi connectivity index (χ3v) is 6.08. The maximum absolute atomic E-state index is 6.56. The standard InChI is InChI=1S/C21H16Br2O2/c22-17-5-7-19-13(11-17)9-15-3-1-2-4-16-10-14-12-18(23)6-8-20(14)25-21(15,16)24-19/h5-12H,1-4H2. The van der Waals surface area contributed by atoms with Crippen molar-refractivity contribution >= 4 is 44.0 Å². The van der Waals surface area contributed by atoms with E-state index in [0.717, 1.165) is 57.3 Å². The Morgan fingerprint density at radius 2 is 1.20 bits per heavy atom. The predicted octanol–water partition coefficient (Wildman–Crippen LogP) is 6.73. The molecule has 5 rings (SSSR count). The predicted molar refractivity (Wildman–Crippen MR) is 107 cm³/mol. The van der Waals surface area contributed by atoms with Gasteiger partial charge in [0.05, 0.1) is 0 Å². The fourth-order valence-electron chi connectivity index (χ4n) is 3.92. The zero-order valence-corrected chi connectivity index (χ0v) is 16.7. The SMILES string of the molecule is Brc1ccc2c(c1)C=C1CCCCC3=Cc4cc(Br)ccc4OC13O2. The Hall–Kier alpha value is -1.52. The summed E-state index contributed by atoms with van der Waals surface area (Å²) in [7, 11) is 0. The highest BCUT2D eigenvalue weighted by molar-refractivity contribution is 9.10. The molecule has 25 heavy (non-hydrogen) atoms. The summed E-state index contributed by atoms with van der Waals surface area (Å²) < 4.78 is 15.2. The number of hydrogen-bond donors (Lipinski definition) is 0. The summed E-state index contributed by atoms with van der Waals surface area (Å²) in [6.45, 7) is 0. The van der Waals surface area contributed by atoms with Crippen molar-refractivity contribution in [1.29, 1.82) is 0 Å². The number of fused-ring (bicyclic) bond motifs is 2. The van der Waals surface area contributed by atoms with Gasteiger partial charge in [-0.1, -0.05) is 31.9 Å². The van der Waals surface area contributed by atoms with Gasteiger partial charge in [0.25, 0.3) is 5.79 Å². The smallest absolute Gasteiger partial charge is 0.297 e. The number of rotatable bonds is 0. The van der Waals surface area contributed by atoms with Crippen LogP contribution in [0.5, 0.6) is 11.5 Å². The van der Waals surface area contributed by atoms with Crippen molar-refractivity contribution in [2.75, 3.05) is 0 Å². The Morgan fingerprint density at radius 3 is 1.68 bits per heavy atom. The fourth-order valence-corrected chi connectivity index (χ4v) is 4.68. The summed E-state index contributed by atoms with van der Waals surface area (Å²) in [4.78, 5) is 0. The number of ether oxygens (including phenoxy) is 2. The Kier molecular flexibility index (Phi) is 3.61. The Morgan fingerprint density at radius 1 is 0.720 bits per heavy atom. The molecule has 1 spiro atoms. The van der Waals surface area contributed by atoms with Crippen LogP contribution in [0.1, 0.15) is 36.8 Å². The molecule has 0 radical (unpaired) electrons. The van der Waals surface area contributed by atoms with Gasteiger partial charge in [-0.25, -0.2) is 0 Å². The molecule has 2 heterocycles. The molecule has 0 bridgehead atoms. The Bertz CT molecular complexity index is 865. The average molecular weight is 460 g/mol. The molecule has 0 unspecified atom stereocenters. The van der Waals surface area contributed by atoms with E-state index in [1.807, 2.05) is 24.3 Å². The quantitative estimate of drug-likeness (QED) is 0.434. The van der Waals surface area contributed by atoms with Crippen LogP contribution in [0.25, 0.3) is 12.2 Å². The summed E-state index contributed by atoms with van der Waals surface area (Å²) in [5.41, 5.74) is 4.66. The first-order chi connectivity index (χ1) is 12.1. The first kappa shape index (κ1) is 15.7. The molecular weight excluding hydrogens is 444 g/mol. The molecule has 126 valence electrons. The van der Waals surface area contributed by atoms with Crippen LogP contribution in [0.4, 0.5) is 0 Å². The second-order valence-electron chi connectivity index (χ2n) is 6.73. The van der Waals surface area contributed by atoms with Crippen LogP contribution < -0.4 is 9.47 Å². The van der Waals surface area contributed by atoms with Crippen molar-refractivity contribution in [2.24, 2.45) is 0 Å². The molecule has 2 aromatic carbocycles. The van der Waals surface area contributed by atoms with E-state index in [0.29, 0.717) is 0 Å². The summed E-state index contributed by atoms with van der Waals surface area (Å²) in [6.07, 6.45) is 8.81. The van der Waals surface area contributed by atoms with Crippen molar-refractivity contribution in [3.8, 4) is 11.5 Å². The van der Waals surface area contributed by atoms with Gasteiger partial charge in [-0.2, -0.15) is 0 Å². The van der Waals surface area contributed by atoms with Crippen LogP contribution in [-0.4, -0.2) is 5.79 Å².